The standard InChI is InChI=1S/C30H38N12O6/c1-6-11-32-29(31)40(22-10-8-20(15-24(22)42(47)48)28-18(5)13-26(44)36-38-28)39-30(33-16(2)3)34-21-9-7-19(14-23(21)41(45)46)27-17(4)12-25(43)35-37-27/h7-10,14-18H,6,11-13H2,1-5H3,(H2,31,32)(H,35,43)(H,36,44)(H2,33,34,39). The number of guanidine groups is 2. The molecule has 0 aromatic heterocycles. The van der Waals surface area contributed by atoms with Crippen molar-refractivity contribution in [2.45, 2.75) is 59.9 Å². The molecule has 0 spiro atoms. The van der Waals surface area contributed by atoms with Gasteiger partial charge in [-0.3, -0.25) is 35.2 Å². The minimum Gasteiger partial charge on any atom is -0.355 e. The van der Waals surface area contributed by atoms with Gasteiger partial charge in [-0.1, -0.05) is 32.9 Å². The number of benzene rings is 2. The maximum absolute atomic E-state index is 12.4. The Labute approximate surface area is 275 Å². The highest BCUT2D eigenvalue weighted by atomic mass is 16.6. The molecule has 2 aliphatic heterocycles. The maximum atomic E-state index is 12.4. The normalized spacial score (nSPS) is 17.8. The van der Waals surface area contributed by atoms with Gasteiger partial charge < -0.3 is 16.0 Å². The molecule has 2 unspecified atom stereocenters. The van der Waals surface area contributed by atoms with Crippen LogP contribution in [-0.2, 0) is 9.59 Å². The minimum atomic E-state index is -0.606. The van der Waals surface area contributed by atoms with Crippen LogP contribution in [-0.4, -0.2) is 57.6 Å². The van der Waals surface area contributed by atoms with E-state index in [4.69, 9.17) is 5.41 Å². The van der Waals surface area contributed by atoms with Gasteiger partial charge in [-0.2, -0.15) is 15.2 Å². The molecule has 254 valence electrons. The van der Waals surface area contributed by atoms with Crippen molar-refractivity contribution in [2.24, 2.45) is 27.1 Å². The molecule has 0 aliphatic carbocycles. The van der Waals surface area contributed by atoms with Gasteiger partial charge >= 0.3 is 0 Å². The number of nitrogens with one attached hydrogen (secondary N) is 6. The minimum absolute atomic E-state index is 0.0362. The summed E-state index contributed by atoms with van der Waals surface area (Å²) in [6.07, 6.45) is 1.00. The molecule has 2 aromatic rings. The van der Waals surface area contributed by atoms with Gasteiger partial charge in [0.2, 0.25) is 23.7 Å². The molecule has 18 heteroatoms. The summed E-state index contributed by atoms with van der Waals surface area (Å²) in [5.74, 6) is -1.38. The van der Waals surface area contributed by atoms with Gasteiger partial charge in [-0.15, -0.1) is 5.10 Å². The topological polar surface area (TPSA) is 245 Å². The first-order valence-electron chi connectivity index (χ1n) is 15.3. The first-order valence-corrected chi connectivity index (χ1v) is 15.3. The van der Waals surface area contributed by atoms with E-state index in [-0.39, 0.29) is 77.2 Å². The highest BCUT2D eigenvalue weighted by Crippen LogP contribution is 2.32. The summed E-state index contributed by atoms with van der Waals surface area (Å²) in [5, 5.41) is 56.1. The zero-order valence-corrected chi connectivity index (χ0v) is 27.2. The van der Waals surface area contributed by atoms with Gasteiger partial charge in [-0.25, -0.2) is 10.9 Å². The van der Waals surface area contributed by atoms with Crippen LogP contribution in [0.1, 0.15) is 65.0 Å². The molecule has 2 atom stereocenters. The molecular weight excluding hydrogens is 624 g/mol. The lowest BCUT2D eigenvalue weighted by Crippen LogP contribution is -2.43. The molecular formula is C30H38N12O6. The van der Waals surface area contributed by atoms with Crippen LogP contribution in [0.15, 0.2) is 51.7 Å². The SMILES string of the molecule is CCCNC(=N)N(N=C(Nc1ccc(C2=NNC(=O)CC2C)cc1[N+](=O)[O-])NC(C)C)c1ccc(C2=NNC(=O)CC2C)cc1[N+](=O)[O-]. The van der Waals surface area contributed by atoms with Crippen LogP contribution in [0.25, 0.3) is 0 Å². The van der Waals surface area contributed by atoms with Crippen molar-refractivity contribution in [1.29, 1.82) is 5.41 Å². The molecule has 0 saturated carbocycles. The molecule has 2 aliphatic rings. The molecule has 18 nitrogen and oxygen atoms in total. The lowest BCUT2D eigenvalue weighted by Gasteiger charge is -2.24. The second kappa shape index (κ2) is 15.1. The summed E-state index contributed by atoms with van der Waals surface area (Å²) in [5.41, 5.74) is 5.93. The summed E-state index contributed by atoms with van der Waals surface area (Å²) in [6.45, 7) is 9.45. The summed E-state index contributed by atoms with van der Waals surface area (Å²) in [6, 6.07) is 8.51. The number of hydrogen-bond donors (Lipinski definition) is 6. The summed E-state index contributed by atoms with van der Waals surface area (Å²) >= 11 is 0. The van der Waals surface area contributed by atoms with Crippen molar-refractivity contribution in [1.82, 2.24) is 21.5 Å². The Morgan fingerprint density at radius 2 is 1.52 bits per heavy atom. The largest absolute Gasteiger partial charge is 0.355 e. The lowest BCUT2D eigenvalue weighted by molar-refractivity contribution is -0.384. The van der Waals surface area contributed by atoms with Crippen LogP contribution < -0.4 is 31.8 Å². The first kappa shape index (κ1) is 34.9. The number of hydrazone groups is 3. The number of carbonyl (C=O) groups is 2. The van der Waals surface area contributed by atoms with Crippen LogP contribution in [0.2, 0.25) is 0 Å². The van der Waals surface area contributed by atoms with E-state index in [9.17, 15) is 29.8 Å². The lowest BCUT2D eigenvalue weighted by atomic mass is 9.93. The predicted molar refractivity (Wildman–Crippen MR) is 181 cm³/mol. The van der Waals surface area contributed by atoms with Crippen LogP contribution in [0, 0.1) is 37.5 Å². The van der Waals surface area contributed by atoms with E-state index >= 15 is 0 Å². The number of hydrogen-bond acceptors (Lipinski definition) is 10. The number of anilines is 2. The van der Waals surface area contributed by atoms with E-state index in [2.05, 4.69) is 42.1 Å². The third kappa shape index (κ3) is 8.25. The van der Waals surface area contributed by atoms with Gasteiger partial charge in [0.1, 0.15) is 11.4 Å². The fourth-order valence-electron chi connectivity index (χ4n) is 5.09. The highest BCUT2D eigenvalue weighted by Gasteiger charge is 2.29. The average molecular weight is 663 g/mol. The second-order valence-electron chi connectivity index (χ2n) is 11.7. The van der Waals surface area contributed by atoms with Crippen molar-refractivity contribution in [2.75, 3.05) is 16.9 Å². The van der Waals surface area contributed by atoms with E-state index < -0.39 is 9.85 Å². The van der Waals surface area contributed by atoms with Crippen LogP contribution >= 0.6 is 0 Å². The Hall–Kier alpha value is -5.94. The van der Waals surface area contributed by atoms with E-state index in [0.29, 0.717) is 35.5 Å². The molecule has 2 heterocycles. The molecule has 48 heavy (non-hydrogen) atoms. The Kier molecular flexibility index (Phi) is 11.0. The molecule has 2 amide bonds. The van der Waals surface area contributed by atoms with E-state index in [1.54, 1.807) is 39.8 Å². The van der Waals surface area contributed by atoms with E-state index in [1.807, 2.05) is 6.92 Å². The Morgan fingerprint density at radius 3 is 2.02 bits per heavy atom. The fourth-order valence-corrected chi connectivity index (χ4v) is 5.09. The number of nitro groups is 2. The Balaban J connectivity index is 1.80. The van der Waals surface area contributed by atoms with Gasteiger partial charge in [0.15, 0.2) is 0 Å². The number of carbonyl (C=O) groups excluding carboxylic acids is 2. The second-order valence-corrected chi connectivity index (χ2v) is 11.7. The predicted octanol–water partition coefficient (Wildman–Crippen LogP) is 3.35. The van der Waals surface area contributed by atoms with Crippen LogP contribution in [0.5, 0.6) is 0 Å². The van der Waals surface area contributed by atoms with Gasteiger partial charge in [0, 0.05) is 60.5 Å². The zero-order chi connectivity index (χ0) is 35.1. The van der Waals surface area contributed by atoms with E-state index in [0.717, 1.165) is 5.01 Å². The molecule has 2 aromatic carbocycles. The number of rotatable bonds is 10. The third-order valence-corrected chi connectivity index (χ3v) is 7.34. The monoisotopic (exact) mass is 662 g/mol. The maximum Gasteiger partial charge on any atom is 0.295 e. The van der Waals surface area contributed by atoms with Crippen LogP contribution in [0.3, 0.4) is 0 Å². The number of amides is 2. The molecule has 0 saturated heterocycles. The summed E-state index contributed by atoms with van der Waals surface area (Å²) in [7, 11) is 0. The van der Waals surface area contributed by atoms with Crippen molar-refractivity contribution in [3.05, 3.63) is 67.8 Å². The molecule has 4 rings (SSSR count). The van der Waals surface area contributed by atoms with E-state index in [1.165, 1.54) is 24.3 Å². The van der Waals surface area contributed by atoms with Crippen molar-refractivity contribution in [3.8, 4) is 0 Å². The highest BCUT2D eigenvalue weighted by molar-refractivity contribution is 6.08. The van der Waals surface area contributed by atoms with Crippen molar-refractivity contribution in [3.63, 3.8) is 0 Å². The molecule has 0 radical (unpaired) electrons. The zero-order valence-electron chi connectivity index (χ0n) is 27.2. The molecule has 0 bridgehead atoms. The average Bonchev–Trinajstić information content (AvgIpc) is 3.02. The fraction of sp³-hybridized carbons (Fsp3) is 0.400. The first-order chi connectivity index (χ1) is 22.8. The van der Waals surface area contributed by atoms with Crippen LogP contribution in [0.4, 0.5) is 22.7 Å². The molecule has 0 fully saturated rings. The number of nitrogens with zero attached hydrogens (tertiary/aromatic N) is 6. The van der Waals surface area contributed by atoms with Gasteiger partial charge in [-0.05, 0) is 32.4 Å². The Morgan fingerprint density at radius 1 is 0.979 bits per heavy atom. The van der Waals surface area contributed by atoms with Gasteiger partial charge in [0.05, 0.1) is 21.3 Å². The third-order valence-electron chi connectivity index (χ3n) is 7.34. The Bertz CT molecular complexity index is 1720. The summed E-state index contributed by atoms with van der Waals surface area (Å²) < 4.78 is 0. The smallest absolute Gasteiger partial charge is 0.295 e. The molecule has 6 N–H and O–H groups in total. The number of nitro benzene ring substituents is 2. The van der Waals surface area contributed by atoms with Crippen molar-refractivity contribution < 1.29 is 19.4 Å². The summed E-state index contributed by atoms with van der Waals surface area (Å²) in [4.78, 5) is 46.9. The van der Waals surface area contributed by atoms with Gasteiger partial charge in [0.25, 0.3) is 11.4 Å². The quantitative estimate of drug-likeness (QED) is 0.0937. The van der Waals surface area contributed by atoms with Crippen molar-refractivity contribution >= 4 is 57.9 Å².